The van der Waals surface area contributed by atoms with Gasteiger partial charge in [-0.05, 0) is 42.9 Å². The van der Waals surface area contributed by atoms with Crippen LogP contribution in [-0.2, 0) is 6.54 Å². The molecular formula is C16H22N2O3. The zero-order chi connectivity index (χ0) is 15.4. The van der Waals surface area contributed by atoms with Crippen LogP contribution in [0.3, 0.4) is 0 Å². The molecule has 2 unspecified atom stereocenters. The largest absolute Gasteiger partial charge is 0.478 e. The number of carbonyl (C=O) groups excluding carboxylic acids is 1. The Morgan fingerprint density at radius 3 is 2.48 bits per heavy atom. The average Bonchev–Trinajstić information content (AvgIpc) is 2.84. The van der Waals surface area contributed by atoms with Crippen LogP contribution in [0, 0.1) is 5.92 Å². The lowest BCUT2D eigenvalue weighted by molar-refractivity contribution is 0.0697. The standard InChI is InChI=1S/C16H22N2O3/c1-11-3-8-14(9-11)17-16(21)18(2)10-12-4-6-13(7-5-12)15(19)20/h4-7,11,14H,3,8-10H2,1-2H3,(H,17,21)(H,19,20). The molecular weight excluding hydrogens is 268 g/mol. The normalized spacial score (nSPS) is 21.0. The van der Waals surface area contributed by atoms with E-state index >= 15 is 0 Å². The molecule has 1 saturated carbocycles. The van der Waals surface area contributed by atoms with Gasteiger partial charge >= 0.3 is 12.0 Å². The second-order valence-corrected chi connectivity index (χ2v) is 5.92. The first-order valence-corrected chi connectivity index (χ1v) is 7.29. The molecule has 1 aromatic rings. The molecule has 0 spiro atoms. The number of aromatic carboxylic acids is 1. The Kier molecular flexibility index (Phi) is 4.83. The van der Waals surface area contributed by atoms with Crippen LogP contribution >= 0.6 is 0 Å². The quantitative estimate of drug-likeness (QED) is 0.895. The molecule has 0 radical (unpaired) electrons. The van der Waals surface area contributed by atoms with E-state index in [4.69, 9.17) is 5.11 Å². The molecule has 1 fully saturated rings. The van der Waals surface area contributed by atoms with Crippen molar-refractivity contribution < 1.29 is 14.7 Å². The van der Waals surface area contributed by atoms with E-state index < -0.39 is 5.97 Å². The van der Waals surface area contributed by atoms with Gasteiger partial charge in [0.1, 0.15) is 0 Å². The summed E-state index contributed by atoms with van der Waals surface area (Å²) in [6.07, 6.45) is 3.27. The predicted octanol–water partition coefficient (Wildman–Crippen LogP) is 2.71. The van der Waals surface area contributed by atoms with Gasteiger partial charge in [-0.1, -0.05) is 19.1 Å². The maximum absolute atomic E-state index is 12.1. The number of hydrogen-bond acceptors (Lipinski definition) is 2. The highest BCUT2D eigenvalue weighted by Crippen LogP contribution is 2.24. The zero-order valence-electron chi connectivity index (χ0n) is 12.5. The molecule has 114 valence electrons. The number of nitrogens with zero attached hydrogens (tertiary/aromatic N) is 1. The van der Waals surface area contributed by atoms with Crippen molar-refractivity contribution in [2.24, 2.45) is 5.92 Å². The lowest BCUT2D eigenvalue weighted by atomic mass is 10.1. The number of benzene rings is 1. The Morgan fingerprint density at radius 1 is 1.29 bits per heavy atom. The molecule has 0 aliphatic heterocycles. The van der Waals surface area contributed by atoms with E-state index in [2.05, 4.69) is 12.2 Å². The molecule has 0 saturated heterocycles. The predicted molar refractivity (Wildman–Crippen MR) is 80.2 cm³/mol. The van der Waals surface area contributed by atoms with Gasteiger partial charge in [0.25, 0.3) is 0 Å². The van der Waals surface area contributed by atoms with Crippen molar-refractivity contribution in [1.82, 2.24) is 10.2 Å². The molecule has 0 bridgehead atoms. The van der Waals surface area contributed by atoms with Gasteiger partial charge in [-0.25, -0.2) is 9.59 Å². The summed E-state index contributed by atoms with van der Waals surface area (Å²) in [5.74, 6) is -0.257. The maximum atomic E-state index is 12.1. The summed E-state index contributed by atoms with van der Waals surface area (Å²) < 4.78 is 0. The molecule has 21 heavy (non-hydrogen) atoms. The molecule has 0 aromatic heterocycles. The molecule has 1 aliphatic rings. The Morgan fingerprint density at radius 2 is 1.95 bits per heavy atom. The van der Waals surface area contributed by atoms with Gasteiger partial charge in [0.05, 0.1) is 5.56 Å². The molecule has 5 heteroatoms. The summed E-state index contributed by atoms with van der Waals surface area (Å²) in [5, 5.41) is 11.9. The van der Waals surface area contributed by atoms with Crippen LogP contribution < -0.4 is 5.32 Å². The summed E-state index contributed by atoms with van der Waals surface area (Å²) >= 11 is 0. The molecule has 1 aliphatic carbocycles. The minimum atomic E-state index is -0.942. The highest BCUT2D eigenvalue weighted by Gasteiger charge is 2.23. The highest BCUT2D eigenvalue weighted by molar-refractivity contribution is 5.87. The van der Waals surface area contributed by atoms with Gasteiger partial charge in [0.2, 0.25) is 0 Å². The monoisotopic (exact) mass is 290 g/mol. The van der Waals surface area contributed by atoms with Crippen molar-refractivity contribution in [3.8, 4) is 0 Å². The van der Waals surface area contributed by atoms with E-state index in [9.17, 15) is 9.59 Å². The molecule has 2 atom stereocenters. The summed E-state index contributed by atoms with van der Waals surface area (Å²) in [6.45, 7) is 2.67. The van der Waals surface area contributed by atoms with Crippen molar-refractivity contribution in [1.29, 1.82) is 0 Å². The van der Waals surface area contributed by atoms with Crippen LogP contribution in [0.4, 0.5) is 4.79 Å². The molecule has 2 amide bonds. The van der Waals surface area contributed by atoms with E-state index in [0.29, 0.717) is 12.5 Å². The lowest BCUT2D eigenvalue weighted by Crippen LogP contribution is -2.41. The van der Waals surface area contributed by atoms with Gasteiger partial charge in [0, 0.05) is 19.6 Å². The van der Waals surface area contributed by atoms with Crippen molar-refractivity contribution in [3.63, 3.8) is 0 Å². The van der Waals surface area contributed by atoms with Crippen molar-refractivity contribution >= 4 is 12.0 Å². The molecule has 2 rings (SSSR count). The van der Waals surface area contributed by atoms with Crippen LogP contribution in [0.15, 0.2) is 24.3 Å². The Labute approximate surface area is 125 Å². The Balaban J connectivity index is 1.86. The number of carboxylic acids is 1. The lowest BCUT2D eigenvalue weighted by Gasteiger charge is -2.21. The number of rotatable bonds is 4. The van der Waals surface area contributed by atoms with Gasteiger partial charge < -0.3 is 15.3 Å². The number of hydrogen-bond donors (Lipinski definition) is 2. The molecule has 2 N–H and O–H groups in total. The Hall–Kier alpha value is -2.04. The minimum absolute atomic E-state index is 0.0728. The van der Waals surface area contributed by atoms with Gasteiger partial charge in [-0.3, -0.25) is 0 Å². The number of urea groups is 1. The highest BCUT2D eigenvalue weighted by atomic mass is 16.4. The molecule has 1 aromatic carbocycles. The molecule has 0 heterocycles. The van der Waals surface area contributed by atoms with E-state index in [-0.39, 0.29) is 17.6 Å². The van der Waals surface area contributed by atoms with Crippen LogP contribution in [-0.4, -0.2) is 35.1 Å². The third-order valence-corrected chi connectivity index (χ3v) is 3.99. The average molecular weight is 290 g/mol. The smallest absolute Gasteiger partial charge is 0.335 e. The maximum Gasteiger partial charge on any atom is 0.335 e. The fourth-order valence-corrected chi connectivity index (χ4v) is 2.72. The van der Waals surface area contributed by atoms with E-state index in [1.807, 2.05) is 0 Å². The fraction of sp³-hybridized carbons (Fsp3) is 0.500. The summed E-state index contributed by atoms with van der Waals surface area (Å²) in [7, 11) is 1.75. The Bertz CT molecular complexity index is 513. The first-order chi connectivity index (χ1) is 9.95. The number of carboxylic acid groups (broad SMARTS) is 1. The van der Waals surface area contributed by atoms with Crippen LogP contribution in [0.25, 0.3) is 0 Å². The van der Waals surface area contributed by atoms with E-state index in [0.717, 1.165) is 18.4 Å². The second-order valence-electron chi connectivity index (χ2n) is 5.92. The number of nitrogens with one attached hydrogen (secondary N) is 1. The summed E-state index contributed by atoms with van der Waals surface area (Å²) in [4.78, 5) is 24.5. The third kappa shape index (κ3) is 4.21. The van der Waals surface area contributed by atoms with E-state index in [1.54, 1.807) is 36.2 Å². The first kappa shape index (κ1) is 15.4. The minimum Gasteiger partial charge on any atom is -0.478 e. The van der Waals surface area contributed by atoms with Gasteiger partial charge in [-0.2, -0.15) is 0 Å². The van der Waals surface area contributed by atoms with Crippen molar-refractivity contribution in [2.75, 3.05) is 7.05 Å². The van der Waals surface area contributed by atoms with Crippen LogP contribution in [0.2, 0.25) is 0 Å². The van der Waals surface area contributed by atoms with Gasteiger partial charge in [-0.15, -0.1) is 0 Å². The van der Waals surface area contributed by atoms with E-state index in [1.165, 1.54) is 6.42 Å². The van der Waals surface area contributed by atoms with Crippen molar-refractivity contribution in [2.45, 2.75) is 38.8 Å². The summed E-state index contributed by atoms with van der Waals surface area (Å²) in [6, 6.07) is 6.81. The van der Waals surface area contributed by atoms with Crippen molar-refractivity contribution in [3.05, 3.63) is 35.4 Å². The molecule has 5 nitrogen and oxygen atoms in total. The number of carbonyl (C=O) groups is 2. The third-order valence-electron chi connectivity index (χ3n) is 3.99. The van der Waals surface area contributed by atoms with Crippen LogP contribution in [0.5, 0.6) is 0 Å². The zero-order valence-corrected chi connectivity index (χ0v) is 12.5. The topological polar surface area (TPSA) is 69.6 Å². The number of amides is 2. The summed E-state index contributed by atoms with van der Waals surface area (Å²) in [5.41, 5.74) is 1.17. The first-order valence-electron chi connectivity index (χ1n) is 7.29. The van der Waals surface area contributed by atoms with Crippen LogP contribution in [0.1, 0.15) is 42.1 Å². The second kappa shape index (κ2) is 6.61. The van der Waals surface area contributed by atoms with Gasteiger partial charge in [0.15, 0.2) is 0 Å². The fourth-order valence-electron chi connectivity index (χ4n) is 2.72. The SMILES string of the molecule is CC1CCC(NC(=O)N(C)Cc2ccc(C(=O)O)cc2)C1.